The van der Waals surface area contributed by atoms with Crippen molar-refractivity contribution in [2.24, 2.45) is 0 Å². The summed E-state index contributed by atoms with van der Waals surface area (Å²) in [5, 5.41) is 0.686. The Labute approximate surface area is 114 Å². The maximum atomic E-state index is 11.9. The van der Waals surface area contributed by atoms with Gasteiger partial charge in [-0.1, -0.05) is 23.7 Å². The van der Waals surface area contributed by atoms with Crippen molar-refractivity contribution >= 4 is 17.7 Å². The summed E-state index contributed by atoms with van der Waals surface area (Å²) in [6.45, 7) is 7.51. The van der Waals surface area contributed by atoms with Crippen molar-refractivity contribution in [1.82, 2.24) is 4.90 Å². The van der Waals surface area contributed by atoms with Crippen molar-refractivity contribution in [2.75, 3.05) is 7.05 Å². The fraction of sp³-hybridized carbons (Fsp3) is 0.500. The van der Waals surface area contributed by atoms with Crippen LogP contribution < -0.4 is 0 Å². The van der Waals surface area contributed by atoms with Gasteiger partial charge < -0.3 is 9.64 Å². The van der Waals surface area contributed by atoms with E-state index < -0.39 is 5.60 Å². The van der Waals surface area contributed by atoms with E-state index in [9.17, 15) is 4.79 Å². The number of nitrogens with zero attached hydrogens (tertiary/aromatic N) is 1. The first kappa shape index (κ1) is 14.8. The monoisotopic (exact) mass is 269 g/mol. The highest BCUT2D eigenvalue weighted by Gasteiger charge is 2.23. The van der Waals surface area contributed by atoms with Gasteiger partial charge >= 0.3 is 6.09 Å². The van der Waals surface area contributed by atoms with E-state index in [2.05, 4.69) is 0 Å². The molecule has 1 aromatic carbocycles. The summed E-state index contributed by atoms with van der Waals surface area (Å²) in [6, 6.07) is 7.39. The van der Waals surface area contributed by atoms with Gasteiger partial charge in [-0.25, -0.2) is 4.79 Å². The molecule has 0 spiro atoms. The van der Waals surface area contributed by atoms with E-state index in [-0.39, 0.29) is 12.1 Å². The van der Waals surface area contributed by atoms with Crippen molar-refractivity contribution in [2.45, 2.75) is 39.3 Å². The molecular formula is C14H20ClNO2. The van der Waals surface area contributed by atoms with Crippen LogP contribution in [0.2, 0.25) is 5.02 Å². The minimum Gasteiger partial charge on any atom is -0.444 e. The standard InChI is InChI=1S/C14H20ClNO2/c1-10(11-6-8-12(15)9-7-11)16(5)13(17)18-14(2,3)4/h6-10H,1-5H3/t10-/m1/s1. The van der Waals surface area contributed by atoms with Crippen LogP contribution in [0.3, 0.4) is 0 Å². The fourth-order valence-electron chi connectivity index (χ4n) is 1.46. The largest absolute Gasteiger partial charge is 0.444 e. The summed E-state index contributed by atoms with van der Waals surface area (Å²) in [4.78, 5) is 13.5. The van der Waals surface area contributed by atoms with Gasteiger partial charge in [-0.3, -0.25) is 0 Å². The molecule has 0 aliphatic rings. The molecule has 0 radical (unpaired) electrons. The molecule has 0 N–H and O–H groups in total. The van der Waals surface area contributed by atoms with Crippen molar-refractivity contribution in [3.63, 3.8) is 0 Å². The molecule has 0 unspecified atom stereocenters. The van der Waals surface area contributed by atoms with E-state index in [4.69, 9.17) is 16.3 Å². The Bertz CT molecular complexity index is 409. The van der Waals surface area contributed by atoms with Crippen molar-refractivity contribution in [3.8, 4) is 0 Å². The number of carbonyl (C=O) groups is 1. The second-order valence-corrected chi connectivity index (χ2v) is 5.76. The highest BCUT2D eigenvalue weighted by Crippen LogP contribution is 2.22. The normalized spacial score (nSPS) is 13.0. The number of benzene rings is 1. The lowest BCUT2D eigenvalue weighted by atomic mass is 10.1. The Hall–Kier alpha value is -1.22. The van der Waals surface area contributed by atoms with Gasteiger partial charge in [-0.05, 0) is 45.4 Å². The van der Waals surface area contributed by atoms with Crippen molar-refractivity contribution in [1.29, 1.82) is 0 Å². The molecule has 1 rings (SSSR count). The third-order valence-electron chi connectivity index (χ3n) is 2.61. The highest BCUT2D eigenvalue weighted by atomic mass is 35.5. The molecule has 0 heterocycles. The zero-order valence-electron chi connectivity index (χ0n) is 11.5. The molecule has 4 heteroatoms. The first-order chi connectivity index (χ1) is 8.20. The molecule has 0 aromatic heterocycles. The van der Waals surface area contributed by atoms with Crippen LogP contribution in [0.1, 0.15) is 39.3 Å². The third kappa shape index (κ3) is 4.22. The van der Waals surface area contributed by atoms with Crippen LogP contribution in [0.4, 0.5) is 4.79 Å². The second kappa shape index (κ2) is 5.61. The molecule has 1 amide bonds. The van der Waals surface area contributed by atoms with Gasteiger partial charge in [0, 0.05) is 12.1 Å². The van der Waals surface area contributed by atoms with Crippen LogP contribution in [-0.4, -0.2) is 23.6 Å². The predicted octanol–water partition coefficient (Wildman–Crippen LogP) is 4.27. The molecule has 0 fully saturated rings. The highest BCUT2D eigenvalue weighted by molar-refractivity contribution is 6.30. The van der Waals surface area contributed by atoms with Gasteiger partial charge in [0.15, 0.2) is 0 Å². The maximum Gasteiger partial charge on any atom is 0.410 e. The Morgan fingerprint density at radius 2 is 1.78 bits per heavy atom. The van der Waals surface area contributed by atoms with Gasteiger partial charge in [0.25, 0.3) is 0 Å². The number of hydrogen-bond acceptors (Lipinski definition) is 2. The lowest BCUT2D eigenvalue weighted by Crippen LogP contribution is -2.35. The number of rotatable bonds is 2. The summed E-state index contributed by atoms with van der Waals surface area (Å²) < 4.78 is 5.33. The van der Waals surface area contributed by atoms with Crippen LogP contribution in [-0.2, 0) is 4.74 Å². The van der Waals surface area contributed by atoms with Gasteiger partial charge in [-0.2, -0.15) is 0 Å². The molecule has 1 aromatic rings. The minimum absolute atomic E-state index is 0.0582. The average molecular weight is 270 g/mol. The number of amides is 1. The Morgan fingerprint density at radius 1 is 1.28 bits per heavy atom. The van der Waals surface area contributed by atoms with Gasteiger partial charge in [0.2, 0.25) is 0 Å². The SMILES string of the molecule is C[C@H](c1ccc(Cl)cc1)N(C)C(=O)OC(C)(C)C. The molecule has 1 atom stereocenters. The van der Waals surface area contributed by atoms with E-state index in [0.717, 1.165) is 5.56 Å². The lowest BCUT2D eigenvalue weighted by molar-refractivity contribution is 0.0234. The zero-order chi connectivity index (χ0) is 13.9. The topological polar surface area (TPSA) is 29.5 Å². The van der Waals surface area contributed by atoms with E-state index >= 15 is 0 Å². The van der Waals surface area contributed by atoms with Gasteiger partial charge in [0.05, 0.1) is 6.04 Å². The van der Waals surface area contributed by atoms with Crippen molar-refractivity contribution < 1.29 is 9.53 Å². The van der Waals surface area contributed by atoms with Crippen LogP contribution in [0, 0.1) is 0 Å². The fourth-order valence-corrected chi connectivity index (χ4v) is 1.58. The Morgan fingerprint density at radius 3 is 2.22 bits per heavy atom. The molecule has 0 bridgehead atoms. The van der Waals surface area contributed by atoms with E-state index in [1.54, 1.807) is 11.9 Å². The first-order valence-electron chi connectivity index (χ1n) is 5.92. The Balaban J connectivity index is 2.74. The minimum atomic E-state index is -0.481. The summed E-state index contributed by atoms with van der Waals surface area (Å²) in [5.41, 5.74) is 0.540. The van der Waals surface area contributed by atoms with Crippen molar-refractivity contribution in [3.05, 3.63) is 34.9 Å². The quantitative estimate of drug-likeness (QED) is 0.802. The number of halogens is 1. The molecule has 0 aliphatic heterocycles. The van der Waals surface area contributed by atoms with Crippen LogP contribution in [0.15, 0.2) is 24.3 Å². The maximum absolute atomic E-state index is 11.9. The number of ether oxygens (including phenoxy) is 1. The summed E-state index contributed by atoms with van der Waals surface area (Å²) in [5.74, 6) is 0. The molecule has 100 valence electrons. The molecule has 0 saturated carbocycles. The van der Waals surface area contributed by atoms with E-state index in [0.29, 0.717) is 5.02 Å². The summed E-state index contributed by atoms with van der Waals surface area (Å²) in [7, 11) is 1.73. The summed E-state index contributed by atoms with van der Waals surface area (Å²) >= 11 is 5.84. The Kier molecular flexibility index (Phi) is 4.63. The van der Waals surface area contributed by atoms with Gasteiger partial charge in [-0.15, -0.1) is 0 Å². The van der Waals surface area contributed by atoms with Crippen LogP contribution >= 0.6 is 11.6 Å². The predicted molar refractivity (Wildman–Crippen MR) is 73.9 cm³/mol. The van der Waals surface area contributed by atoms with Gasteiger partial charge in [0.1, 0.15) is 5.60 Å². The lowest BCUT2D eigenvalue weighted by Gasteiger charge is -2.29. The average Bonchev–Trinajstić information content (AvgIpc) is 2.26. The third-order valence-corrected chi connectivity index (χ3v) is 2.87. The molecular weight excluding hydrogens is 250 g/mol. The second-order valence-electron chi connectivity index (χ2n) is 5.32. The molecule has 0 aliphatic carbocycles. The molecule has 3 nitrogen and oxygen atoms in total. The number of hydrogen-bond donors (Lipinski definition) is 0. The van der Waals surface area contributed by atoms with E-state index in [1.807, 2.05) is 52.0 Å². The molecule has 18 heavy (non-hydrogen) atoms. The smallest absolute Gasteiger partial charge is 0.410 e. The first-order valence-corrected chi connectivity index (χ1v) is 6.30. The van der Waals surface area contributed by atoms with E-state index in [1.165, 1.54) is 0 Å². The van der Waals surface area contributed by atoms with Crippen LogP contribution in [0.5, 0.6) is 0 Å². The zero-order valence-corrected chi connectivity index (χ0v) is 12.3. The summed E-state index contributed by atoms with van der Waals surface area (Å²) in [6.07, 6.45) is -0.329. The number of carbonyl (C=O) groups excluding carboxylic acids is 1. The molecule has 0 saturated heterocycles. The van der Waals surface area contributed by atoms with Crippen LogP contribution in [0.25, 0.3) is 0 Å².